The van der Waals surface area contributed by atoms with Gasteiger partial charge in [-0.1, -0.05) is 18.2 Å². The van der Waals surface area contributed by atoms with Crippen LogP contribution < -0.4 is 10.5 Å². The van der Waals surface area contributed by atoms with E-state index >= 15 is 0 Å². The number of anilines is 2. The second-order valence-electron chi connectivity index (χ2n) is 7.70. The Hall–Kier alpha value is -3.78. The number of hydrogen-bond acceptors (Lipinski definition) is 6. The summed E-state index contributed by atoms with van der Waals surface area (Å²) in [5.74, 6) is -0.128. The third-order valence-corrected chi connectivity index (χ3v) is 6.35. The molecular weight excluding hydrogens is 424 g/mol. The minimum absolute atomic E-state index is 0.128. The summed E-state index contributed by atoms with van der Waals surface area (Å²) in [4.78, 5) is 36.0. The fourth-order valence-corrected chi connectivity index (χ4v) is 4.54. The molecule has 2 aromatic carbocycles. The molecule has 0 aliphatic carbocycles. The van der Waals surface area contributed by atoms with Gasteiger partial charge in [0.1, 0.15) is 11.1 Å². The molecule has 8 heteroatoms. The van der Waals surface area contributed by atoms with Crippen LogP contribution in [0.4, 0.5) is 10.8 Å². The van der Waals surface area contributed by atoms with Gasteiger partial charge in [-0.05, 0) is 49.2 Å². The Morgan fingerprint density at radius 1 is 1.16 bits per heavy atom. The third-order valence-electron chi connectivity index (χ3n) is 5.48. The van der Waals surface area contributed by atoms with Crippen molar-refractivity contribution >= 4 is 50.1 Å². The predicted molar refractivity (Wildman–Crippen MR) is 126 cm³/mol. The molecular formula is C24H20N4O3S. The first-order chi connectivity index (χ1) is 15.4. The van der Waals surface area contributed by atoms with E-state index in [0.29, 0.717) is 21.9 Å². The fourth-order valence-electron chi connectivity index (χ4n) is 3.67. The normalized spacial score (nSPS) is 11.3. The third kappa shape index (κ3) is 3.38. The summed E-state index contributed by atoms with van der Waals surface area (Å²) in [7, 11) is 0. The topological polar surface area (TPSA) is 81.2 Å². The van der Waals surface area contributed by atoms with Gasteiger partial charge >= 0.3 is 0 Å². The molecule has 0 saturated heterocycles. The van der Waals surface area contributed by atoms with E-state index in [4.69, 9.17) is 4.42 Å². The van der Waals surface area contributed by atoms with E-state index in [2.05, 4.69) is 9.97 Å². The monoisotopic (exact) mass is 444 g/mol. The van der Waals surface area contributed by atoms with Crippen molar-refractivity contribution in [1.29, 1.82) is 0 Å². The minimum Gasteiger partial charge on any atom is -0.448 e. The zero-order valence-electron chi connectivity index (χ0n) is 17.8. The van der Waals surface area contributed by atoms with E-state index in [9.17, 15) is 9.59 Å². The van der Waals surface area contributed by atoms with Crippen molar-refractivity contribution in [2.24, 2.45) is 0 Å². The van der Waals surface area contributed by atoms with E-state index in [1.807, 2.05) is 61.7 Å². The molecule has 0 N–H and O–H groups in total. The van der Waals surface area contributed by atoms with Crippen molar-refractivity contribution in [3.63, 3.8) is 0 Å². The number of carbonyl (C=O) groups is 1. The molecule has 160 valence electrons. The Morgan fingerprint density at radius 3 is 2.75 bits per heavy atom. The Morgan fingerprint density at radius 2 is 1.97 bits per heavy atom. The maximum absolute atomic E-state index is 13.0. The summed E-state index contributed by atoms with van der Waals surface area (Å²) in [5.41, 5.74) is 4.84. The summed E-state index contributed by atoms with van der Waals surface area (Å²) in [6, 6.07) is 13.3. The first-order valence-electron chi connectivity index (χ1n) is 10.1. The minimum atomic E-state index is -0.265. The van der Waals surface area contributed by atoms with Crippen molar-refractivity contribution in [2.75, 3.05) is 4.90 Å². The summed E-state index contributed by atoms with van der Waals surface area (Å²) in [5, 5.41) is 3.22. The number of aryl methyl sites for hydroxylation is 2. The van der Waals surface area contributed by atoms with Crippen LogP contribution in [0, 0.1) is 13.8 Å². The number of carbonyl (C=O) groups excluding carboxylic acids is 1. The molecule has 0 atom stereocenters. The number of hydrogen-bond donors (Lipinski definition) is 0. The second-order valence-corrected chi connectivity index (χ2v) is 8.53. The standard InChI is InChI=1S/C24H20N4O3S/c1-14-8-9-18(10-15(14)2)28(16(3)29)24-26-17(12-32-24)11-27-13-25-21-19-6-4-5-7-20(19)31-22(21)23(27)30/h4-10,12-13H,11H2,1-3H3. The van der Waals surface area contributed by atoms with Crippen LogP contribution >= 0.6 is 11.3 Å². The Kier molecular flexibility index (Phi) is 4.86. The van der Waals surface area contributed by atoms with Gasteiger partial charge in [-0.25, -0.2) is 9.97 Å². The molecule has 3 aromatic heterocycles. The molecule has 0 bridgehead atoms. The summed E-state index contributed by atoms with van der Waals surface area (Å²) in [6.07, 6.45) is 1.51. The van der Waals surface area contributed by atoms with Crippen molar-refractivity contribution < 1.29 is 9.21 Å². The van der Waals surface area contributed by atoms with Gasteiger partial charge in [-0.15, -0.1) is 11.3 Å². The molecule has 5 aromatic rings. The number of aromatic nitrogens is 3. The molecule has 5 rings (SSSR count). The SMILES string of the molecule is CC(=O)N(c1ccc(C)c(C)c1)c1nc(Cn2cnc3c(oc4ccccc43)c2=O)cs1. The van der Waals surface area contributed by atoms with Crippen LogP contribution in [-0.4, -0.2) is 20.4 Å². The highest BCUT2D eigenvalue weighted by Gasteiger charge is 2.19. The van der Waals surface area contributed by atoms with E-state index in [0.717, 1.165) is 22.2 Å². The summed E-state index contributed by atoms with van der Waals surface area (Å²) >= 11 is 1.36. The van der Waals surface area contributed by atoms with Crippen LogP contribution in [0.15, 0.2) is 63.4 Å². The highest BCUT2D eigenvalue weighted by molar-refractivity contribution is 7.14. The van der Waals surface area contributed by atoms with Crippen molar-refractivity contribution in [1.82, 2.24) is 14.5 Å². The lowest BCUT2D eigenvalue weighted by Crippen LogP contribution is -2.23. The van der Waals surface area contributed by atoms with E-state index in [-0.39, 0.29) is 23.6 Å². The van der Waals surface area contributed by atoms with Gasteiger partial charge in [0.2, 0.25) is 11.5 Å². The highest BCUT2D eigenvalue weighted by Crippen LogP contribution is 2.30. The number of furan rings is 1. The van der Waals surface area contributed by atoms with Gasteiger partial charge in [0.15, 0.2) is 5.13 Å². The first-order valence-corrected chi connectivity index (χ1v) is 11.0. The maximum Gasteiger partial charge on any atom is 0.297 e. The molecule has 0 spiro atoms. The molecule has 7 nitrogen and oxygen atoms in total. The van der Waals surface area contributed by atoms with Crippen LogP contribution in [0.5, 0.6) is 0 Å². The number of nitrogens with zero attached hydrogens (tertiary/aromatic N) is 4. The van der Waals surface area contributed by atoms with Crippen LogP contribution in [0.25, 0.3) is 22.1 Å². The lowest BCUT2D eigenvalue weighted by atomic mass is 10.1. The number of amides is 1. The van der Waals surface area contributed by atoms with E-state index in [1.54, 1.807) is 4.90 Å². The van der Waals surface area contributed by atoms with Crippen molar-refractivity contribution in [3.8, 4) is 0 Å². The number of para-hydroxylation sites is 1. The van der Waals surface area contributed by atoms with Gasteiger partial charge < -0.3 is 4.42 Å². The first kappa shape index (κ1) is 20.1. The van der Waals surface area contributed by atoms with Gasteiger partial charge in [-0.2, -0.15) is 0 Å². The van der Waals surface area contributed by atoms with Gasteiger partial charge in [0.25, 0.3) is 5.56 Å². The van der Waals surface area contributed by atoms with Crippen LogP contribution in [0.1, 0.15) is 23.7 Å². The number of thiazole rings is 1. The quantitative estimate of drug-likeness (QED) is 0.392. The summed E-state index contributed by atoms with van der Waals surface area (Å²) < 4.78 is 7.22. The lowest BCUT2D eigenvalue weighted by molar-refractivity contribution is -0.115. The second kappa shape index (κ2) is 7.72. The van der Waals surface area contributed by atoms with Gasteiger partial charge in [-0.3, -0.25) is 19.1 Å². The zero-order valence-corrected chi connectivity index (χ0v) is 18.6. The molecule has 0 saturated carbocycles. The average Bonchev–Trinajstić information content (AvgIpc) is 3.37. The van der Waals surface area contributed by atoms with Gasteiger partial charge in [0, 0.05) is 17.7 Å². The zero-order chi connectivity index (χ0) is 22.4. The van der Waals surface area contributed by atoms with Crippen molar-refractivity contribution in [2.45, 2.75) is 27.3 Å². The van der Waals surface area contributed by atoms with Crippen LogP contribution in [0.3, 0.4) is 0 Å². The number of fused-ring (bicyclic) bond motifs is 3. The molecule has 3 heterocycles. The predicted octanol–water partition coefficient (Wildman–Crippen LogP) is 4.95. The molecule has 0 fully saturated rings. The average molecular weight is 445 g/mol. The molecule has 1 amide bonds. The molecule has 32 heavy (non-hydrogen) atoms. The lowest BCUT2D eigenvalue weighted by Gasteiger charge is -2.19. The molecule has 0 radical (unpaired) electrons. The smallest absolute Gasteiger partial charge is 0.297 e. The largest absolute Gasteiger partial charge is 0.448 e. The Labute approximate surface area is 187 Å². The molecule has 0 unspecified atom stereocenters. The fraction of sp³-hybridized carbons (Fsp3) is 0.167. The van der Waals surface area contributed by atoms with Crippen LogP contribution in [0.2, 0.25) is 0 Å². The van der Waals surface area contributed by atoms with Crippen LogP contribution in [-0.2, 0) is 11.3 Å². The molecule has 0 aliphatic rings. The Balaban J connectivity index is 1.49. The van der Waals surface area contributed by atoms with E-state index in [1.165, 1.54) is 29.2 Å². The van der Waals surface area contributed by atoms with Gasteiger partial charge in [0.05, 0.1) is 24.3 Å². The number of benzene rings is 2. The van der Waals surface area contributed by atoms with Crippen molar-refractivity contribution in [3.05, 3.63) is 81.3 Å². The van der Waals surface area contributed by atoms with E-state index < -0.39 is 0 Å². The molecule has 0 aliphatic heterocycles. The Bertz CT molecular complexity index is 1550. The maximum atomic E-state index is 13.0. The summed E-state index contributed by atoms with van der Waals surface area (Å²) in [6.45, 7) is 5.79. The highest BCUT2D eigenvalue weighted by atomic mass is 32.1. The number of rotatable bonds is 4.